The molecule has 2 amide bonds. The number of rotatable bonds is 3. The minimum atomic E-state index is -4.54. The molecule has 8 nitrogen and oxygen atoms in total. The summed E-state index contributed by atoms with van der Waals surface area (Å²) in [5.41, 5.74) is -1.01. The minimum absolute atomic E-state index is 0.0105. The molecule has 0 saturated carbocycles. The van der Waals surface area contributed by atoms with Crippen molar-refractivity contribution >= 4 is 61.1 Å². The second-order valence-corrected chi connectivity index (χ2v) is 8.17. The van der Waals surface area contributed by atoms with Crippen molar-refractivity contribution in [1.82, 2.24) is 24.6 Å². The van der Waals surface area contributed by atoms with E-state index in [2.05, 4.69) is 47.3 Å². The lowest BCUT2D eigenvalue weighted by atomic mass is 10.2. The molecule has 1 fully saturated rings. The van der Waals surface area contributed by atoms with Crippen LogP contribution in [0.1, 0.15) is 5.56 Å². The Morgan fingerprint density at radius 3 is 2.40 bits per heavy atom. The molecule has 1 N–H and O–H groups in total. The summed E-state index contributed by atoms with van der Waals surface area (Å²) in [5, 5.41) is 6.37. The number of hydrogen-bond donors (Lipinski definition) is 1. The summed E-state index contributed by atoms with van der Waals surface area (Å²) in [6.45, 7) is 1.46. The van der Waals surface area contributed by atoms with E-state index in [-0.39, 0.29) is 32.8 Å². The molecular weight excluding hydrogens is 560 g/mol. The van der Waals surface area contributed by atoms with E-state index in [0.717, 1.165) is 22.9 Å². The Labute approximate surface area is 190 Å². The molecule has 0 bridgehead atoms. The van der Waals surface area contributed by atoms with Gasteiger partial charge >= 0.3 is 12.2 Å². The maximum atomic E-state index is 12.8. The van der Waals surface area contributed by atoms with Gasteiger partial charge in [0.1, 0.15) is 0 Å². The maximum Gasteiger partial charge on any atom is 0.416 e. The lowest BCUT2D eigenvalue weighted by Crippen LogP contribution is -2.51. The molecule has 0 atom stereocenters. The highest BCUT2D eigenvalue weighted by atomic mass is 79.9. The lowest BCUT2D eigenvalue weighted by Gasteiger charge is -2.33. The Bertz CT molecular complexity index is 963. The normalized spacial score (nSPS) is 15.3. The van der Waals surface area contributed by atoms with Crippen LogP contribution < -0.4 is 5.32 Å². The van der Waals surface area contributed by atoms with Crippen molar-refractivity contribution in [2.45, 2.75) is 6.18 Å². The summed E-state index contributed by atoms with van der Waals surface area (Å²) in [6, 6.07) is 2.37. The van der Waals surface area contributed by atoms with Crippen molar-refractivity contribution in [3.05, 3.63) is 38.3 Å². The topological polar surface area (TPSA) is 83.4 Å². The molecule has 162 valence electrons. The number of anilines is 1. The van der Waals surface area contributed by atoms with Crippen LogP contribution in [0, 0.1) is 0 Å². The van der Waals surface area contributed by atoms with Crippen molar-refractivity contribution in [1.29, 1.82) is 0 Å². The van der Waals surface area contributed by atoms with Gasteiger partial charge in [-0.3, -0.25) is 9.69 Å². The Morgan fingerprint density at radius 1 is 1.17 bits per heavy atom. The number of aromatic nitrogens is 3. The van der Waals surface area contributed by atoms with Crippen LogP contribution in [0.3, 0.4) is 0 Å². The fourth-order valence-corrected chi connectivity index (χ4v) is 3.94. The molecule has 30 heavy (non-hydrogen) atoms. The number of piperazine rings is 1. The van der Waals surface area contributed by atoms with Crippen LogP contribution in [-0.4, -0.2) is 69.2 Å². The summed E-state index contributed by atoms with van der Waals surface area (Å²) in [7, 11) is 0. The van der Waals surface area contributed by atoms with Crippen LogP contribution in [0.2, 0.25) is 5.02 Å². The van der Waals surface area contributed by atoms with Crippen molar-refractivity contribution in [2.75, 3.05) is 38.0 Å². The largest absolute Gasteiger partial charge is 0.416 e. The van der Waals surface area contributed by atoms with Gasteiger partial charge in [-0.2, -0.15) is 22.8 Å². The SMILES string of the molecule is O=C(CN1CCN(C(=O)n2nc(Br)nc2Br)CC1)Nc1cc(C(F)(F)F)ccc1Cl. The zero-order chi connectivity index (χ0) is 22.1. The van der Waals surface area contributed by atoms with Crippen LogP contribution >= 0.6 is 43.5 Å². The number of halogens is 6. The Kier molecular flexibility index (Phi) is 7.05. The first-order chi connectivity index (χ1) is 14.0. The molecule has 0 aliphatic carbocycles. The molecule has 1 aromatic heterocycles. The number of benzene rings is 1. The third-order valence-electron chi connectivity index (χ3n) is 4.30. The summed E-state index contributed by atoms with van der Waals surface area (Å²) in [5.74, 6) is -0.501. The summed E-state index contributed by atoms with van der Waals surface area (Å²) >= 11 is 12.1. The zero-order valence-electron chi connectivity index (χ0n) is 15.1. The van der Waals surface area contributed by atoms with Gasteiger partial charge < -0.3 is 10.2 Å². The summed E-state index contributed by atoms with van der Waals surface area (Å²) in [6.07, 6.45) is -4.54. The van der Waals surface area contributed by atoms with Crippen molar-refractivity contribution in [2.24, 2.45) is 0 Å². The van der Waals surface area contributed by atoms with Gasteiger partial charge in [-0.15, -0.1) is 5.10 Å². The van der Waals surface area contributed by atoms with Gasteiger partial charge in [0.2, 0.25) is 15.4 Å². The monoisotopic (exact) mass is 572 g/mol. The van der Waals surface area contributed by atoms with Gasteiger partial charge in [-0.05, 0) is 50.1 Å². The molecule has 2 heterocycles. The van der Waals surface area contributed by atoms with Crippen molar-refractivity contribution in [3.8, 4) is 0 Å². The molecule has 1 aliphatic rings. The molecule has 1 saturated heterocycles. The highest BCUT2D eigenvalue weighted by molar-refractivity contribution is 9.11. The van der Waals surface area contributed by atoms with E-state index in [0.29, 0.717) is 26.2 Å². The molecule has 2 aromatic rings. The van der Waals surface area contributed by atoms with E-state index in [4.69, 9.17) is 11.6 Å². The number of nitrogens with zero attached hydrogens (tertiary/aromatic N) is 5. The van der Waals surface area contributed by atoms with Crippen LogP contribution in [0.15, 0.2) is 27.7 Å². The van der Waals surface area contributed by atoms with Crippen LogP contribution in [0.25, 0.3) is 0 Å². The predicted molar refractivity (Wildman–Crippen MR) is 109 cm³/mol. The van der Waals surface area contributed by atoms with Crippen molar-refractivity contribution < 1.29 is 22.8 Å². The number of amides is 2. The number of carbonyl (C=O) groups is 2. The molecule has 0 radical (unpaired) electrons. The van der Waals surface area contributed by atoms with Crippen LogP contribution in [0.4, 0.5) is 23.7 Å². The maximum absolute atomic E-state index is 12.8. The molecule has 3 rings (SSSR count). The zero-order valence-corrected chi connectivity index (χ0v) is 19.0. The van der Waals surface area contributed by atoms with Crippen LogP contribution in [0.5, 0.6) is 0 Å². The van der Waals surface area contributed by atoms with Gasteiger partial charge in [-0.1, -0.05) is 11.6 Å². The predicted octanol–water partition coefficient (Wildman–Crippen LogP) is 3.70. The van der Waals surface area contributed by atoms with E-state index in [1.165, 1.54) is 0 Å². The van der Waals surface area contributed by atoms with Gasteiger partial charge in [0.15, 0.2) is 0 Å². The fraction of sp³-hybridized carbons (Fsp3) is 0.375. The third-order valence-corrected chi connectivity index (χ3v) is 5.48. The minimum Gasteiger partial charge on any atom is -0.324 e. The van der Waals surface area contributed by atoms with Gasteiger partial charge in [-0.25, -0.2) is 4.79 Å². The standard InChI is InChI=1S/C16H14Br2ClF3N6O2/c17-13-24-14(18)28(25-13)15(30)27-5-3-26(4-6-27)8-12(29)23-11-7-9(16(20,21)22)1-2-10(11)19/h1-2,7H,3-6,8H2,(H,23,29). The Balaban J connectivity index is 1.55. The second kappa shape index (κ2) is 9.20. The number of alkyl halides is 3. The summed E-state index contributed by atoms with van der Waals surface area (Å²) in [4.78, 5) is 32.0. The van der Waals surface area contributed by atoms with Gasteiger partial charge in [0, 0.05) is 26.2 Å². The summed E-state index contributed by atoms with van der Waals surface area (Å²) < 4.78 is 40.2. The third kappa shape index (κ3) is 5.50. The molecule has 14 heteroatoms. The average molecular weight is 575 g/mol. The molecule has 1 aromatic carbocycles. The Morgan fingerprint density at radius 2 is 1.83 bits per heavy atom. The molecule has 0 unspecified atom stereocenters. The first-order valence-corrected chi connectivity index (χ1v) is 10.5. The van der Waals surface area contributed by atoms with Gasteiger partial charge in [0.05, 0.1) is 22.8 Å². The molecule has 1 aliphatic heterocycles. The van der Waals surface area contributed by atoms with Gasteiger partial charge in [0.25, 0.3) is 0 Å². The molecular formula is C16H14Br2ClF3N6O2. The number of hydrogen-bond acceptors (Lipinski definition) is 5. The Hall–Kier alpha value is -1.70. The van der Waals surface area contributed by atoms with E-state index < -0.39 is 17.6 Å². The highest BCUT2D eigenvalue weighted by Gasteiger charge is 2.31. The first kappa shape index (κ1) is 23.0. The average Bonchev–Trinajstić information content (AvgIpc) is 3.00. The van der Waals surface area contributed by atoms with E-state index in [9.17, 15) is 22.8 Å². The van der Waals surface area contributed by atoms with E-state index in [1.807, 2.05) is 0 Å². The number of nitrogens with one attached hydrogen (secondary N) is 1. The second-order valence-electron chi connectivity index (χ2n) is 6.35. The highest BCUT2D eigenvalue weighted by Crippen LogP contribution is 2.33. The van der Waals surface area contributed by atoms with E-state index >= 15 is 0 Å². The lowest BCUT2D eigenvalue weighted by molar-refractivity contribution is -0.137. The first-order valence-electron chi connectivity index (χ1n) is 8.51. The smallest absolute Gasteiger partial charge is 0.324 e. The molecule has 0 spiro atoms. The van der Waals surface area contributed by atoms with Crippen molar-refractivity contribution in [3.63, 3.8) is 0 Å². The fourth-order valence-electron chi connectivity index (χ4n) is 2.81. The van der Waals surface area contributed by atoms with Crippen LogP contribution in [-0.2, 0) is 11.0 Å². The van der Waals surface area contributed by atoms with E-state index in [1.54, 1.807) is 9.80 Å². The number of carbonyl (C=O) groups excluding carboxylic acids is 2. The quantitative estimate of drug-likeness (QED) is 0.605.